The Bertz CT molecular complexity index is 609. The minimum Gasteiger partial charge on any atom is -0.481 e. The van der Waals surface area contributed by atoms with E-state index in [1.165, 1.54) is 32.1 Å². The Labute approximate surface area is 170 Å². The SMILES string of the molecule is C[C@H](CCC(=O)O)C1CCC2C3C(CC[C@@]21C)[C@@]1(C)CC[C@H](N)C[C@H]1C[C@H]3O. The van der Waals surface area contributed by atoms with Gasteiger partial charge in [-0.05, 0) is 104 Å². The molecule has 4 N–H and O–H groups in total. The molecule has 28 heavy (non-hydrogen) atoms. The molecule has 4 saturated carbocycles. The second kappa shape index (κ2) is 7.27. The van der Waals surface area contributed by atoms with Gasteiger partial charge in [-0.25, -0.2) is 0 Å². The highest BCUT2D eigenvalue weighted by Crippen LogP contribution is 2.68. The molecule has 0 aromatic carbocycles. The van der Waals surface area contributed by atoms with Crippen molar-refractivity contribution in [1.29, 1.82) is 0 Å². The van der Waals surface area contributed by atoms with E-state index in [-0.39, 0.29) is 17.9 Å². The summed E-state index contributed by atoms with van der Waals surface area (Å²) in [5, 5.41) is 20.4. The van der Waals surface area contributed by atoms with Gasteiger partial charge in [-0.15, -0.1) is 0 Å². The van der Waals surface area contributed by atoms with Gasteiger partial charge in [0, 0.05) is 12.5 Å². The van der Waals surface area contributed by atoms with Crippen molar-refractivity contribution in [1.82, 2.24) is 0 Å². The van der Waals surface area contributed by atoms with Crippen molar-refractivity contribution in [3.8, 4) is 0 Å². The van der Waals surface area contributed by atoms with Gasteiger partial charge in [0.25, 0.3) is 0 Å². The van der Waals surface area contributed by atoms with E-state index in [2.05, 4.69) is 20.8 Å². The molecule has 4 unspecified atom stereocenters. The molecule has 0 amide bonds. The lowest BCUT2D eigenvalue weighted by Crippen LogP contribution is -2.59. The Morgan fingerprint density at radius 1 is 1.07 bits per heavy atom. The van der Waals surface area contributed by atoms with E-state index in [9.17, 15) is 9.90 Å². The number of aliphatic hydroxyl groups is 1. The lowest BCUT2D eigenvalue weighted by atomic mass is 9.43. The van der Waals surface area contributed by atoms with Crippen molar-refractivity contribution in [2.24, 2.45) is 52.1 Å². The van der Waals surface area contributed by atoms with Gasteiger partial charge in [0.2, 0.25) is 0 Å². The molecule has 4 rings (SSSR count). The standard InChI is InChI=1S/C24H41NO3/c1-14(4-7-21(27)28)17-5-6-18-22-19(9-11-24(17,18)3)23(2)10-8-16(25)12-15(23)13-20(22)26/h14-20,22,26H,4-13,25H2,1-3H3,(H,27,28)/t14-,15+,16+,17?,18?,19?,20-,22?,23+,24-/m1/s1. The first-order valence-corrected chi connectivity index (χ1v) is 11.8. The fraction of sp³-hybridized carbons (Fsp3) is 0.958. The van der Waals surface area contributed by atoms with E-state index < -0.39 is 5.97 Å². The first-order chi connectivity index (χ1) is 13.2. The molecule has 0 aromatic rings. The molecule has 0 heterocycles. The molecule has 4 nitrogen and oxygen atoms in total. The van der Waals surface area contributed by atoms with E-state index in [1.54, 1.807) is 0 Å². The number of carboxylic acid groups (broad SMARTS) is 1. The van der Waals surface area contributed by atoms with Crippen molar-refractivity contribution in [2.75, 3.05) is 0 Å². The highest BCUT2D eigenvalue weighted by molar-refractivity contribution is 5.66. The maximum atomic E-state index is 11.3. The predicted molar refractivity (Wildman–Crippen MR) is 111 cm³/mol. The molecule has 4 fully saturated rings. The normalized spacial score (nSPS) is 51.7. The van der Waals surface area contributed by atoms with Crippen LogP contribution in [0.4, 0.5) is 0 Å². The molecule has 0 aromatic heterocycles. The van der Waals surface area contributed by atoms with E-state index in [4.69, 9.17) is 10.8 Å². The van der Waals surface area contributed by atoms with Gasteiger partial charge in [0.1, 0.15) is 0 Å². The van der Waals surface area contributed by atoms with Gasteiger partial charge >= 0.3 is 5.97 Å². The van der Waals surface area contributed by atoms with Crippen LogP contribution in [-0.4, -0.2) is 28.3 Å². The number of hydrogen-bond acceptors (Lipinski definition) is 3. The van der Waals surface area contributed by atoms with Crippen LogP contribution in [0.5, 0.6) is 0 Å². The third-order valence-electron chi connectivity index (χ3n) is 10.3. The second-order valence-electron chi connectivity index (χ2n) is 11.5. The Morgan fingerprint density at radius 3 is 2.46 bits per heavy atom. The molecule has 0 radical (unpaired) electrons. The monoisotopic (exact) mass is 391 g/mol. The summed E-state index contributed by atoms with van der Waals surface area (Å²) in [6, 6.07) is 0.321. The van der Waals surface area contributed by atoms with Crippen LogP contribution in [0.1, 0.15) is 85.0 Å². The lowest BCUT2D eigenvalue weighted by Gasteiger charge is -2.62. The lowest BCUT2D eigenvalue weighted by molar-refractivity contribution is -0.166. The van der Waals surface area contributed by atoms with E-state index in [0.717, 1.165) is 25.7 Å². The van der Waals surface area contributed by atoms with Gasteiger partial charge in [0.05, 0.1) is 6.10 Å². The van der Waals surface area contributed by atoms with Crippen LogP contribution in [0.2, 0.25) is 0 Å². The zero-order chi connectivity index (χ0) is 20.3. The summed E-state index contributed by atoms with van der Waals surface area (Å²) in [6.07, 6.45) is 10.2. The van der Waals surface area contributed by atoms with Crippen molar-refractivity contribution in [3.63, 3.8) is 0 Å². The quantitative estimate of drug-likeness (QED) is 0.661. The predicted octanol–water partition coefficient (Wildman–Crippen LogP) is 4.44. The maximum absolute atomic E-state index is 11.3. The Morgan fingerprint density at radius 2 is 1.75 bits per heavy atom. The smallest absolute Gasteiger partial charge is 0.303 e. The van der Waals surface area contributed by atoms with Crippen LogP contribution < -0.4 is 5.73 Å². The summed E-state index contributed by atoms with van der Waals surface area (Å²) in [6.45, 7) is 7.25. The summed E-state index contributed by atoms with van der Waals surface area (Å²) < 4.78 is 0. The van der Waals surface area contributed by atoms with E-state index in [0.29, 0.717) is 47.0 Å². The fourth-order valence-corrected chi connectivity index (χ4v) is 8.78. The van der Waals surface area contributed by atoms with Gasteiger partial charge < -0.3 is 15.9 Å². The zero-order valence-electron chi connectivity index (χ0n) is 18.1. The minimum absolute atomic E-state index is 0.175. The van der Waals surface area contributed by atoms with Crippen molar-refractivity contribution in [3.05, 3.63) is 0 Å². The summed E-state index contributed by atoms with van der Waals surface area (Å²) in [7, 11) is 0. The molecular weight excluding hydrogens is 350 g/mol. The summed E-state index contributed by atoms with van der Waals surface area (Å²) in [4.78, 5) is 11.1. The molecule has 4 aliphatic carbocycles. The number of aliphatic carboxylic acids is 1. The molecule has 4 aliphatic rings. The molecule has 160 valence electrons. The molecule has 0 aliphatic heterocycles. The molecule has 4 heteroatoms. The third-order valence-corrected chi connectivity index (χ3v) is 10.3. The molecule has 10 atom stereocenters. The van der Waals surface area contributed by atoms with Crippen LogP contribution in [0.3, 0.4) is 0 Å². The van der Waals surface area contributed by atoms with Gasteiger partial charge in [0.15, 0.2) is 0 Å². The fourth-order valence-electron chi connectivity index (χ4n) is 8.78. The van der Waals surface area contributed by atoms with Crippen LogP contribution in [0.25, 0.3) is 0 Å². The summed E-state index contributed by atoms with van der Waals surface area (Å²) >= 11 is 0. The molecule has 0 bridgehead atoms. The van der Waals surface area contributed by atoms with Gasteiger partial charge in [-0.2, -0.15) is 0 Å². The molecule has 0 saturated heterocycles. The first kappa shape index (κ1) is 20.7. The van der Waals surface area contributed by atoms with Crippen molar-refractivity contribution < 1.29 is 15.0 Å². The Hall–Kier alpha value is -0.610. The van der Waals surface area contributed by atoms with Crippen LogP contribution >= 0.6 is 0 Å². The average Bonchev–Trinajstić information content (AvgIpc) is 2.98. The van der Waals surface area contributed by atoms with Crippen molar-refractivity contribution in [2.45, 2.75) is 97.1 Å². The highest BCUT2D eigenvalue weighted by atomic mass is 16.4. The minimum atomic E-state index is -0.674. The largest absolute Gasteiger partial charge is 0.481 e. The second-order valence-corrected chi connectivity index (χ2v) is 11.5. The number of nitrogens with two attached hydrogens (primary N) is 1. The number of fused-ring (bicyclic) bond motifs is 5. The zero-order valence-corrected chi connectivity index (χ0v) is 18.1. The van der Waals surface area contributed by atoms with Crippen LogP contribution in [-0.2, 0) is 4.79 Å². The molecular formula is C24H41NO3. The number of hydrogen-bond donors (Lipinski definition) is 3. The number of carboxylic acids is 1. The van der Waals surface area contributed by atoms with Crippen LogP contribution in [0, 0.1) is 46.3 Å². The Kier molecular flexibility index (Phi) is 5.36. The maximum Gasteiger partial charge on any atom is 0.303 e. The number of carbonyl (C=O) groups is 1. The molecule has 0 spiro atoms. The number of rotatable bonds is 4. The number of aliphatic hydroxyl groups excluding tert-OH is 1. The van der Waals surface area contributed by atoms with Crippen molar-refractivity contribution >= 4 is 5.97 Å². The average molecular weight is 392 g/mol. The topological polar surface area (TPSA) is 83.5 Å². The third kappa shape index (κ3) is 3.14. The summed E-state index contributed by atoms with van der Waals surface area (Å²) in [5.41, 5.74) is 6.93. The van der Waals surface area contributed by atoms with Gasteiger partial charge in [-0.3, -0.25) is 4.79 Å². The van der Waals surface area contributed by atoms with Gasteiger partial charge in [-0.1, -0.05) is 20.8 Å². The van der Waals surface area contributed by atoms with Crippen LogP contribution in [0.15, 0.2) is 0 Å². The summed E-state index contributed by atoms with van der Waals surface area (Å²) in [5.74, 6) is 2.66. The Balaban J connectivity index is 1.55. The van der Waals surface area contributed by atoms with E-state index in [1.807, 2.05) is 0 Å². The first-order valence-electron chi connectivity index (χ1n) is 11.8. The highest BCUT2D eigenvalue weighted by Gasteiger charge is 2.62. The van der Waals surface area contributed by atoms with E-state index >= 15 is 0 Å².